The Hall–Kier alpha value is -1.73. The Morgan fingerprint density at radius 2 is 2.12 bits per heavy atom. The van der Waals surface area contributed by atoms with Gasteiger partial charge in [-0.3, -0.25) is 0 Å². The highest BCUT2D eigenvalue weighted by Crippen LogP contribution is 2.30. The third-order valence-corrected chi connectivity index (χ3v) is 4.54. The Morgan fingerprint density at radius 3 is 2.75 bits per heavy atom. The number of aromatic nitrogens is 4. The van der Waals surface area contributed by atoms with Crippen molar-refractivity contribution in [3.8, 4) is 0 Å². The van der Waals surface area contributed by atoms with E-state index in [9.17, 15) is 5.11 Å². The zero-order valence-corrected chi connectivity index (χ0v) is 14.8. The molecule has 7 nitrogen and oxygen atoms in total. The number of nitrogens with zero attached hydrogens (tertiary/aromatic N) is 5. The molecule has 1 fully saturated rings. The smallest absolute Gasteiger partial charge is 0.163 e. The summed E-state index contributed by atoms with van der Waals surface area (Å²) in [5.41, 5.74) is 7.92. The summed E-state index contributed by atoms with van der Waals surface area (Å²) in [6.45, 7) is 8.53. The second-order valence-electron chi connectivity index (χ2n) is 7.15. The van der Waals surface area contributed by atoms with Crippen LogP contribution in [0.1, 0.15) is 39.3 Å². The van der Waals surface area contributed by atoms with Crippen LogP contribution in [0.2, 0.25) is 0 Å². The molecule has 2 aromatic heterocycles. The maximum absolute atomic E-state index is 10.0. The molecule has 0 amide bonds. The van der Waals surface area contributed by atoms with Crippen LogP contribution >= 0.6 is 0 Å². The Morgan fingerprint density at radius 1 is 1.33 bits per heavy atom. The normalized spacial score (nSPS) is 21.3. The molecule has 0 radical (unpaired) electrons. The van der Waals surface area contributed by atoms with Gasteiger partial charge in [-0.2, -0.15) is 5.10 Å². The summed E-state index contributed by atoms with van der Waals surface area (Å²) in [6.07, 6.45) is 4.16. The molecule has 0 saturated carbocycles. The summed E-state index contributed by atoms with van der Waals surface area (Å²) in [5.74, 6) is 1.35. The minimum atomic E-state index is -0.515. The van der Waals surface area contributed by atoms with Gasteiger partial charge in [-0.15, -0.1) is 0 Å². The van der Waals surface area contributed by atoms with Gasteiger partial charge in [0.1, 0.15) is 12.1 Å². The molecule has 0 spiro atoms. The maximum atomic E-state index is 10.0. The van der Waals surface area contributed by atoms with Crippen molar-refractivity contribution in [3.05, 3.63) is 12.0 Å². The van der Waals surface area contributed by atoms with E-state index in [0.717, 1.165) is 48.4 Å². The van der Waals surface area contributed by atoms with Crippen molar-refractivity contribution >= 4 is 16.9 Å². The Labute approximate surface area is 142 Å². The number of nitrogens with two attached hydrogens (primary N) is 1. The van der Waals surface area contributed by atoms with E-state index in [1.807, 2.05) is 4.68 Å². The fourth-order valence-corrected chi connectivity index (χ4v) is 3.28. The van der Waals surface area contributed by atoms with Crippen molar-refractivity contribution in [2.24, 2.45) is 11.7 Å². The third-order valence-electron chi connectivity index (χ3n) is 4.54. The minimum Gasteiger partial charge on any atom is -0.390 e. The van der Waals surface area contributed by atoms with Gasteiger partial charge in [-0.05, 0) is 18.8 Å². The van der Waals surface area contributed by atoms with Crippen molar-refractivity contribution in [2.75, 3.05) is 18.0 Å². The topological polar surface area (TPSA) is 93.1 Å². The molecule has 132 valence electrons. The lowest BCUT2D eigenvalue weighted by molar-refractivity contribution is 0.180. The van der Waals surface area contributed by atoms with E-state index in [0.29, 0.717) is 19.0 Å². The first-order valence-electron chi connectivity index (χ1n) is 8.90. The first-order chi connectivity index (χ1) is 11.5. The van der Waals surface area contributed by atoms with Crippen molar-refractivity contribution in [1.82, 2.24) is 19.7 Å². The third kappa shape index (κ3) is 3.23. The molecule has 0 unspecified atom stereocenters. The highest BCUT2D eigenvalue weighted by molar-refractivity contribution is 5.90. The van der Waals surface area contributed by atoms with Gasteiger partial charge in [0.15, 0.2) is 5.65 Å². The number of aryl methyl sites for hydroxylation is 1. The van der Waals surface area contributed by atoms with Crippen LogP contribution in [0, 0.1) is 5.92 Å². The number of anilines is 1. The molecule has 1 aliphatic rings. The van der Waals surface area contributed by atoms with Gasteiger partial charge < -0.3 is 15.7 Å². The quantitative estimate of drug-likeness (QED) is 0.829. The van der Waals surface area contributed by atoms with Gasteiger partial charge in [-0.25, -0.2) is 14.6 Å². The molecule has 2 atom stereocenters. The van der Waals surface area contributed by atoms with Crippen LogP contribution in [0.3, 0.4) is 0 Å². The SMILES string of the molecule is CCCCn1nc(CC(C)C)c2c(N3C[C@@H](N)[C@H](O)C3)ncnc21. The summed E-state index contributed by atoms with van der Waals surface area (Å²) in [4.78, 5) is 11.1. The summed E-state index contributed by atoms with van der Waals surface area (Å²) < 4.78 is 2.01. The van der Waals surface area contributed by atoms with Crippen molar-refractivity contribution in [3.63, 3.8) is 0 Å². The second kappa shape index (κ2) is 7.03. The average molecular weight is 332 g/mol. The molecule has 1 saturated heterocycles. The first kappa shape index (κ1) is 17.1. The standard InChI is InChI=1S/C17H28N6O/c1-4-5-6-23-17-15(13(21-23)7-11(2)3)16(19-10-20-17)22-8-12(18)14(24)9-22/h10-12,14,24H,4-9,18H2,1-3H3/t12-,14-/m1/s1. The molecule has 1 aliphatic heterocycles. The van der Waals surface area contributed by atoms with Gasteiger partial charge in [0.2, 0.25) is 0 Å². The van der Waals surface area contributed by atoms with Crippen molar-refractivity contribution < 1.29 is 5.11 Å². The number of unbranched alkanes of at least 4 members (excludes halogenated alkanes) is 1. The van der Waals surface area contributed by atoms with Crippen LogP contribution in [-0.2, 0) is 13.0 Å². The lowest BCUT2D eigenvalue weighted by Crippen LogP contribution is -2.32. The number of β-amino-alcohol motifs (C(OH)–C–C–N with tert-alkyl or cyclic N) is 1. The maximum Gasteiger partial charge on any atom is 0.163 e. The summed E-state index contributed by atoms with van der Waals surface area (Å²) in [5, 5.41) is 15.9. The predicted molar refractivity (Wildman–Crippen MR) is 95.0 cm³/mol. The van der Waals surface area contributed by atoms with Gasteiger partial charge >= 0.3 is 0 Å². The van der Waals surface area contributed by atoms with Crippen LogP contribution in [-0.4, -0.2) is 50.1 Å². The van der Waals surface area contributed by atoms with E-state index in [1.165, 1.54) is 0 Å². The zero-order valence-electron chi connectivity index (χ0n) is 14.8. The van der Waals surface area contributed by atoms with Crippen molar-refractivity contribution in [2.45, 2.75) is 58.7 Å². The minimum absolute atomic E-state index is 0.237. The van der Waals surface area contributed by atoms with Crippen LogP contribution in [0.4, 0.5) is 5.82 Å². The summed E-state index contributed by atoms with van der Waals surface area (Å²) in [6, 6.07) is -0.237. The fourth-order valence-electron chi connectivity index (χ4n) is 3.28. The van der Waals surface area contributed by atoms with Crippen LogP contribution in [0.25, 0.3) is 11.0 Å². The molecular weight excluding hydrogens is 304 g/mol. The first-order valence-corrected chi connectivity index (χ1v) is 8.90. The van der Waals surface area contributed by atoms with Crippen LogP contribution in [0.5, 0.6) is 0 Å². The number of rotatable bonds is 6. The molecule has 2 aromatic rings. The molecule has 0 bridgehead atoms. The second-order valence-corrected chi connectivity index (χ2v) is 7.15. The van der Waals surface area contributed by atoms with E-state index < -0.39 is 6.10 Å². The molecule has 3 rings (SSSR count). The molecule has 0 aromatic carbocycles. The molecule has 24 heavy (non-hydrogen) atoms. The van der Waals surface area contributed by atoms with Gasteiger partial charge in [0.05, 0.1) is 17.2 Å². The van der Waals surface area contributed by atoms with E-state index >= 15 is 0 Å². The van der Waals surface area contributed by atoms with Crippen LogP contribution < -0.4 is 10.6 Å². The number of aliphatic hydroxyl groups excluding tert-OH is 1. The average Bonchev–Trinajstić information content (AvgIpc) is 3.06. The Balaban J connectivity index is 2.07. The predicted octanol–water partition coefficient (Wildman–Crippen LogP) is 1.33. The van der Waals surface area contributed by atoms with Gasteiger partial charge in [0, 0.05) is 25.7 Å². The summed E-state index contributed by atoms with van der Waals surface area (Å²) in [7, 11) is 0. The molecule has 0 aliphatic carbocycles. The molecule has 3 heterocycles. The largest absolute Gasteiger partial charge is 0.390 e. The zero-order chi connectivity index (χ0) is 17.3. The molecular formula is C17H28N6O. The highest BCUT2D eigenvalue weighted by atomic mass is 16.3. The Kier molecular flexibility index (Phi) is 5.01. The van der Waals surface area contributed by atoms with Gasteiger partial charge in [-0.1, -0.05) is 27.2 Å². The van der Waals surface area contributed by atoms with E-state index in [4.69, 9.17) is 10.8 Å². The van der Waals surface area contributed by atoms with Gasteiger partial charge in [0.25, 0.3) is 0 Å². The van der Waals surface area contributed by atoms with Crippen LogP contribution in [0.15, 0.2) is 6.33 Å². The summed E-state index contributed by atoms with van der Waals surface area (Å²) >= 11 is 0. The van der Waals surface area contributed by atoms with E-state index in [2.05, 4.69) is 35.6 Å². The van der Waals surface area contributed by atoms with Crippen molar-refractivity contribution in [1.29, 1.82) is 0 Å². The Bertz CT molecular complexity index is 688. The number of hydrogen-bond acceptors (Lipinski definition) is 6. The number of fused-ring (bicyclic) bond motifs is 1. The lowest BCUT2D eigenvalue weighted by Gasteiger charge is -2.17. The highest BCUT2D eigenvalue weighted by Gasteiger charge is 2.31. The number of hydrogen-bond donors (Lipinski definition) is 2. The molecule has 7 heteroatoms. The van der Waals surface area contributed by atoms with E-state index in [-0.39, 0.29) is 6.04 Å². The monoisotopic (exact) mass is 332 g/mol. The number of aliphatic hydroxyl groups is 1. The fraction of sp³-hybridized carbons (Fsp3) is 0.706. The molecule has 3 N–H and O–H groups in total. The van der Waals surface area contributed by atoms with E-state index in [1.54, 1.807) is 6.33 Å². The lowest BCUT2D eigenvalue weighted by atomic mass is 10.1.